The van der Waals surface area contributed by atoms with Gasteiger partial charge in [0.05, 0.1) is 6.61 Å². The number of hydrogen-bond donors (Lipinski definition) is 1. The number of benzene rings is 2. The molecule has 4 heteroatoms. The summed E-state index contributed by atoms with van der Waals surface area (Å²) in [5, 5.41) is 9.14. The number of rotatable bonds is 5. The number of aliphatic hydroxyl groups is 1. The Hall–Kier alpha value is -2.20. The quantitative estimate of drug-likeness (QED) is 0.918. The molecule has 2 aromatic rings. The number of halogens is 1. The van der Waals surface area contributed by atoms with E-state index in [0.717, 1.165) is 5.56 Å². The number of nitrogens with zero attached hydrogens (tertiary/aromatic N) is 1. The van der Waals surface area contributed by atoms with Crippen molar-refractivity contribution in [2.45, 2.75) is 13.5 Å². The molecule has 0 fully saturated rings. The van der Waals surface area contributed by atoms with Crippen molar-refractivity contribution in [2.24, 2.45) is 0 Å². The standard InChI is InChI=1S/C17H18FNO2/c1-13-7-8-15(11-16(13)18)17(21)19(9-10-20)12-14-5-3-2-4-6-14/h2-8,11,20H,9-10,12H2,1H3. The van der Waals surface area contributed by atoms with E-state index in [2.05, 4.69) is 0 Å². The lowest BCUT2D eigenvalue weighted by molar-refractivity contribution is 0.0707. The van der Waals surface area contributed by atoms with Crippen LogP contribution in [0.1, 0.15) is 21.5 Å². The first-order valence-electron chi connectivity index (χ1n) is 6.82. The van der Waals surface area contributed by atoms with Crippen LogP contribution < -0.4 is 0 Å². The molecule has 0 saturated heterocycles. The van der Waals surface area contributed by atoms with Crippen molar-refractivity contribution >= 4 is 5.91 Å². The van der Waals surface area contributed by atoms with Crippen molar-refractivity contribution in [3.63, 3.8) is 0 Å². The minimum absolute atomic E-state index is 0.132. The maximum Gasteiger partial charge on any atom is 0.254 e. The van der Waals surface area contributed by atoms with Crippen LogP contribution in [0.25, 0.3) is 0 Å². The summed E-state index contributed by atoms with van der Waals surface area (Å²) in [6.07, 6.45) is 0. The van der Waals surface area contributed by atoms with Crippen molar-refractivity contribution in [1.29, 1.82) is 0 Å². The molecule has 0 aromatic heterocycles. The summed E-state index contributed by atoms with van der Waals surface area (Å²) in [5.74, 6) is -0.684. The Balaban J connectivity index is 2.20. The van der Waals surface area contributed by atoms with Crippen molar-refractivity contribution in [3.8, 4) is 0 Å². The first-order valence-corrected chi connectivity index (χ1v) is 6.82. The van der Waals surface area contributed by atoms with E-state index in [1.807, 2.05) is 30.3 Å². The molecule has 3 nitrogen and oxygen atoms in total. The molecule has 2 aromatic carbocycles. The first kappa shape index (κ1) is 15.2. The topological polar surface area (TPSA) is 40.5 Å². The highest BCUT2D eigenvalue weighted by Crippen LogP contribution is 2.13. The summed E-state index contributed by atoms with van der Waals surface area (Å²) in [5.41, 5.74) is 1.76. The van der Waals surface area contributed by atoms with Gasteiger partial charge in [0.2, 0.25) is 0 Å². The van der Waals surface area contributed by atoms with Crippen LogP contribution in [0.4, 0.5) is 4.39 Å². The second-order valence-corrected chi connectivity index (χ2v) is 4.90. The zero-order valence-corrected chi connectivity index (χ0v) is 11.9. The summed E-state index contributed by atoms with van der Waals surface area (Å²) < 4.78 is 13.6. The van der Waals surface area contributed by atoms with Gasteiger partial charge in [-0.1, -0.05) is 36.4 Å². The molecule has 0 atom stereocenters. The molecular weight excluding hydrogens is 269 g/mol. The van der Waals surface area contributed by atoms with Crippen molar-refractivity contribution in [1.82, 2.24) is 4.90 Å². The van der Waals surface area contributed by atoms with Gasteiger partial charge in [-0.25, -0.2) is 4.39 Å². The number of amides is 1. The zero-order chi connectivity index (χ0) is 15.2. The lowest BCUT2D eigenvalue weighted by Crippen LogP contribution is -2.33. The predicted molar refractivity (Wildman–Crippen MR) is 79.4 cm³/mol. The van der Waals surface area contributed by atoms with E-state index < -0.39 is 5.82 Å². The number of carbonyl (C=O) groups is 1. The third kappa shape index (κ3) is 3.89. The molecule has 0 unspecified atom stereocenters. The Kier molecular flexibility index (Phi) is 5.06. The Morgan fingerprint density at radius 1 is 1.19 bits per heavy atom. The van der Waals surface area contributed by atoms with Crippen LogP contribution in [0.5, 0.6) is 0 Å². The summed E-state index contributed by atoms with van der Waals surface area (Å²) in [6.45, 7) is 2.12. The smallest absolute Gasteiger partial charge is 0.254 e. The van der Waals surface area contributed by atoms with Gasteiger partial charge >= 0.3 is 0 Å². The molecule has 0 aliphatic carbocycles. The normalized spacial score (nSPS) is 10.4. The maximum atomic E-state index is 13.6. The maximum absolute atomic E-state index is 13.6. The second kappa shape index (κ2) is 6.99. The van der Waals surface area contributed by atoms with Crippen LogP contribution in [-0.2, 0) is 6.54 Å². The zero-order valence-electron chi connectivity index (χ0n) is 11.9. The van der Waals surface area contributed by atoms with Crippen molar-refractivity contribution in [2.75, 3.05) is 13.2 Å². The van der Waals surface area contributed by atoms with Crippen LogP contribution >= 0.6 is 0 Å². The van der Waals surface area contributed by atoms with Gasteiger partial charge < -0.3 is 10.0 Å². The Morgan fingerprint density at radius 2 is 1.90 bits per heavy atom. The van der Waals surface area contributed by atoms with E-state index in [1.54, 1.807) is 19.1 Å². The van der Waals surface area contributed by atoms with E-state index in [-0.39, 0.29) is 19.1 Å². The molecule has 0 aliphatic rings. The van der Waals surface area contributed by atoms with E-state index in [9.17, 15) is 9.18 Å². The number of hydrogen-bond acceptors (Lipinski definition) is 2. The van der Waals surface area contributed by atoms with Crippen molar-refractivity contribution < 1.29 is 14.3 Å². The average molecular weight is 287 g/mol. The van der Waals surface area contributed by atoms with Crippen LogP contribution in [0.3, 0.4) is 0 Å². The largest absolute Gasteiger partial charge is 0.395 e. The molecule has 2 rings (SSSR count). The Morgan fingerprint density at radius 3 is 2.52 bits per heavy atom. The predicted octanol–water partition coefficient (Wildman–Crippen LogP) is 2.77. The number of aryl methyl sites for hydroxylation is 1. The van der Waals surface area contributed by atoms with Gasteiger partial charge in [-0.15, -0.1) is 0 Å². The highest BCUT2D eigenvalue weighted by atomic mass is 19.1. The van der Waals surface area contributed by atoms with E-state index in [1.165, 1.54) is 11.0 Å². The minimum atomic E-state index is -0.399. The fraction of sp³-hybridized carbons (Fsp3) is 0.235. The summed E-state index contributed by atoms with van der Waals surface area (Å²) in [6, 6.07) is 13.9. The van der Waals surface area contributed by atoms with Crippen LogP contribution in [0.15, 0.2) is 48.5 Å². The van der Waals surface area contributed by atoms with Crippen LogP contribution in [-0.4, -0.2) is 29.1 Å². The number of carbonyl (C=O) groups excluding carboxylic acids is 1. The molecule has 0 bridgehead atoms. The lowest BCUT2D eigenvalue weighted by Gasteiger charge is -2.22. The summed E-state index contributed by atoms with van der Waals surface area (Å²) >= 11 is 0. The fourth-order valence-electron chi connectivity index (χ4n) is 2.09. The van der Waals surface area contributed by atoms with E-state index in [4.69, 9.17) is 5.11 Å². The van der Waals surface area contributed by atoms with Gasteiger partial charge in [-0.05, 0) is 30.2 Å². The third-order valence-electron chi connectivity index (χ3n) is 3.29. The first-order chi connectivity index (χ1) is 10.1. The van der Waals surface area contributed by atoms with Gasteiger partial charge in [0, 0.05) is 18.7 Å². The van der Waals surface area contributed by atoms with Gasteiger partial charge in [0.1, 0.15) is 5.82 Å². The Bertz CT molecular complexity index is 613. The SMILES string of the molecule is Cc1ccc(C(=O)N(CCO)Cc2ccccc2)cc1F. The molecule has 0 saturated carbocycles. The molecule has 110 valence electrons. The highest BCUT2D eigenvalue weighted by Gasteiger charge is 2.16. The van der Waals surface area contributed by atoms with E-state index >= 15 is 0 Å². The lowest BCUT2D eigenvalue weighted by atomic mass is 10.1. The summed E-state index contributed by atoms with van der Waals surface area (Å²) in [4.78, 5) is 14.0. The third-order valence-corrected chi connectivity index (χ3v) is 3.29. The number of aliphatic hydroxyl groups excluding tert-OH is 1. The van der Waals surface area contributed by atoms with Gasteiger partial charge in [-0.3, -0.25) is 4.79 Å². The molecule has 1 N–H and O–H groups in total. The molecule has 0 heterocycles. The van der Waals surface area contributed by atoms with Gasteiger partial charge in [-0.2, -0.15) is 0 Å². The van der Waals surface area contributed by atoms with Gasteiger partial charge in [0.15, 0.2) is 0 Å². The van der Waals surface area contributed by atoms with Crippen molar-refractivity contribution in [3.05, 3.63) is 71.0 Å². The molecule has 0 aliphatic heterocycles. The monoisotopic (exact) mass is 287 g/mol. The van der Waals surface area contributed by atoms with Crippen LogP contribution in [0.2, 0.25) is 0 Å². The summed E-state index contributed by atoms with van der Waals surface area (Å²) in [7, 11) is 0. The van der Waals surface area contributed by atoms with Crippen LogP contribution in [0, 0.1) is 12.7 Å². The van der Waals surface area contributed by atoms with E-state index in [0.29, 0.717) is 17.7 Å². The molecular formula is C17H18FNO2. The molecule has 1 amide bonds. The highest BCUT2D eigenvalue weighted by molar-refractivity contribution is 5.94. The fourth-order valence-corrected chi connectivity index (χ4v) is 2.09. The molecule has 21 heavy (non-hydrogen) atoms. The second-order valence-electron chi connectivity index (χ2n) is 4.90. The minimum Gasteiger partial charge on any atom is -0.395 e. The Labute approximate surface area is 123 Å². The van der Waals surface area contributed by atoms with Gasteiger partial charge in [0.25, 0.3) is 5.91 Å². The molecule has 0 radical (unpaired) electrons. The molecule has 0 spiro atoms. The average Bonchev–Trinajstić information content (AvgIpc) is 2.50.